The van der Waals surface area contributed by atoms with Gasteiger partial charge in [0.2, 0.25) is 0 Å². The number of piperidine rings is 1. The average molecular weight is 322 g/mol. The van der Waals surface area contributed by atoms with Crippen molar-refractivity contribution >= 4 is 9.84 Å². The molecule has 5 heteroatoms. The van der Waals surface area contributed by atoms with Gasteiger partial charge >= 0.3 is 0 Å². The molecule has 0 radical (unpaired) electrons. The monoisotopic (exact) mass is 322 g/mol. The summed E-state index contributed by atoms with van der Waals surface area (Å²) in [5.74, 6) is 0. The molecule has 1 atom stereocenters. The first-order chi connectivity index (χ1) is 10.4. The molecule has 0 aromatic heterocycles. The molecule has 0 amide bonds. The van der Waals surface area contributed by atoms with E-state index in [1.165, 1.54) is 37.6 Å². The van der Waals surface area contributed by atoms with Gasteiger partial charge in [0.05, 0.1) is 4.90 Å². The van der Waals surface area contributed by atoms with Gasteiger partial charge in [-0.1, -0.05) is 18.6 Å². The summed E-state index contributed by atoms with van der Waals surface area (Å²) in [6.07, 6.45) is 5.31. The molecule has 0 N–H and O–H groups in total. The lowest BCUT2D eigenvalue weighted by Crippen LogP contribution is -2.61. The van der Waals surface area contributed by atoms with E-state index < -0.39 is 9.84 Å². The summed E-state index contributed by atoms with van der Waals surface area (Å²) in [4.78, 5) is 5.52. The van der Waals surface area contributed by atoms with Gasteiger partial charge in [-0.2, -0.15) is 0 Å². The summed E-state index contributed by atoms with van der Waals surface area (Å²) in [5.41, 5.74) is 1.19. The highest BCUT2D eigenvalue weighted by Crippen LogP contribution is 2.25. The fourth-order valence-electron chi connectivity index (χ4n) is 3.64. The number of hydrogen-bond acceptors (Lipinski definition) is 4. The van der Waals surface area contributed by atoms with Crippen molar-refractivity contribution in [3.05, 3.63) is 29.8 Å². The predicted molar refractivity (Wildman–Crippen MR) is 88.6 cm³/mol. The Morgan fingerprint density at radius 2 is 1.82 bits per heavy atom. The Bertz CT molecular complexity index is 606. The van der Waals surface area contributed by atoms with Gasteiger partial charge < -0.3 is 0 Å². The maximum absolute atomic E-state index is 11.5. The fourth-order valence-corrected chi connectivity index (χ4v) is 4.27. The Hall–Kier alpha value is -0.910. The maximum Gasteiger partial charge on any atom is 0.175 e. The molecule has 3 rings (SSSR count). The van der Waals surface area contributed by atoms with Crippen LogP contribution < -0.4 is 0 Å². The minimum Gasteiger partial charge on any atom is -0.296 e. The predicted octanol–water partition coefficient (Wildman–Crippen LogP) is 2.15. The second kappa shape index (κ2) is 6.30. The van der Waals surface area contributed by atoms with Gasteiger partial charge in [-0.3, -0.25) is 9.80 Å². The van der Waals surface area contributed by atoms with Gasteiger partial charge in [0.1, 0.15) is 0 Å². The molecule has 22 heavy (non-hydrogen) atoms. The first kappa shape index (κ1) is 16.0. The highest BCUT2D eigenvalue weighted by Gasteiger charge is 2.34. The molecule has 1 unspecified atom stereocenters. The SMILES string of the molecule is CC1CCCCN1C1CN(Cc2ccc(S(C)(=O)=O)cc2)C1. The van der Waals surface area contributed by atoms with Crippen molar-refractivity contribution in [3.63, 3.8) is 0 Å². The Balaban J connectivity index is 1.52. The van der Waals surface area contributed by atoms with E-state index in [4.69, 9.17) is 0 Å². The van der Waals surface area contributed by atoms with Crippen LogP contribution in [-0.2, 0) is 16.4 Å². The molecule has 4 nitrogen and oxygen atoms in total. The van der Waals surface area contributed by atoms with E-state index in [-0.39, 0.29) is 0 Å². The quantitative estimate of drug-likeness (QED) is 0.852. The third-order valence-corrected chi connectivity index (χ3v) is 6.15. The third-order valence-electron chi connectivity index (χ3n) is 5.02. The number of nitrogens with zero attached hydrogens (tertiary/aromatic N) is 2. The Kier molecular flexibility index (Phi) is 4.57. The van der Waals surface area contributed by atoms with Crippen LogP contribution in [0.5, 0.6) is 0 Å². The van der Waals surface area contributed by atoms with Crippen molar-refractivity contribution in [3.8, 4) is 0 Å². The Morgan fingerprint density at radius 3 is 2.41 bits per heavy atom. The topological polar surface area (TPSA) is 40.6 Å². The maximum atomic E-state index is 11.5. The summed E-state index contributed by atoms with van der Waals surface area (Å²) >= 11 is 0. The molecule has 0 spiro atoms. The van der Waals surface area contributed by atoms with Crippen LogP contribution in [0, 0.1) is 0 Å². The second-order valence-corrected chi connectivity index (χ2v) is 8.86. The molecule has 1 aromatic carbocycles. The van der Waals surface area contributed by atoms with E-state index in [0.717, 1.165) is 25.7 Å². The minimum absolute atomic E-state index is 0.403. The Labute approximate surface area is 134 Å². The fraction of sp³-hybridized carbons (Fsp3) is 0.647. The molecule has 1 aromatic rings. The van der Waals surface area contributed by atoms with Crippen LogP contribution in [-0.4, -0.2) is 56.2 Å². The van der Waals surface area contributed by atoms with E-state index in [9.17, 15) is 8.42 Å². The van der Waals surface area contributed by atoms with Crippen LogP contribution in [0.2, 0.25) is 0 Å². The first-order valence-electron chi connectivity index (χ1n) is 8.20. The van der Waals surface area contributed by atoms with Gasteiger partial charge in [-0.05, 0) is 44.0 Å². The molecule has 2 aliphatic heterocycles. The Morgan fingerprint density at radius 1 is 1.14 bits per heavy atom. The standard InChI is InChI=1S/C17H26N2O2S/c1-14-5-3-4-10-19(14)16-12-18(13-16)11-15-6-8-17(9-7-15)22(2,20)21/h6-9,14,16H,3-5,10-13H2,1-2H3. The van der Waals surface area contributed by atoms with Crippen molar-refractivity contribution in [2.45, 2.75) is 49.7 Å². The lowest BCUT2D eigenvalue weighted by Gasteiger charge is -2.49. The zero-order chi connectivity index (χ0) is 15.7. The normalized spacial score (nSPS) is 25.1. The summed E-state index contributed by atoms with van der Waals surface area (Å²) in [6.45, 7) is 6.80. The largest absolute Gasteiger partial charge is 0.296 e. The van der Waals surface area contributed by atoms with Gasteiger partial charge in [-0.15, -0.1) is 0 Å². The molecular formula is C17H26N2O2S. The molecule has 0 bridgehead atoms. The van der Waals surface area contributed by atoms with Crippen molar-refractivity contribution in [2.75, 3.05) is 25.9 Å². The van der Waals surface area contributed by atoms with Crippen molar-refractivity contribution in [2.24, 2.45) is 0 Å². The zero-order valence-electron chi connectivity index (χ0n) is 13.5. The summed E-state index contributed by atoms with van der Waals surface area (Å²) in [7, 11) is -3.09. The first-order valence-corrected chi connectivity index (χ1v) is 10.1. The molecule has 2 aliphatic rings. The number of rotatable bonds is 4. The van der Waals surface area contributed by atoms with Gasteiger partial charge in [-0.25, -0.2) is 8.42 Å². The molecule has 0 saturated carbocycles. The summed E-state index contributed by atoms with van der Waals surface area (Å²) in [5, 5.41) is 0. The molecule has 2 heterocycles. The number of likely N-dealkylation sites (tertiary alicyclic amines) is 2. The average Bonchev–Trinajstić information content (AvgIpc) is 2.43. The van der Waals surface area contributed by atoms with Crippen molar-refractivity contribution in [1.29, 1.82) is 0 Å². The van der Waals surface area contributed by atoms with Crippen LogP contribution in [0.4, 0.5) is 0 Å². The number of sulfone groups is 1. The second-order valence-electron chi connectivity index (χ2n) is 6.85. The van der Waals surface area contributed by atoms with Crippen LogP contribution in [0.15, 0.2) is 29.2 Å². The highest BCUT2D eigenvalue weighted by molar-refractivity contribution is 7.90. The molecule has 122 valence electrons. The highest BCUT2D eigenvalue weighted by atomic mass is 32.2. The minimum atomic E-state index is -3.09. The third kappa shape index (κ3) is 3.53. The summed E-state index contributed by atoms with van der Waals surface area (Å²) < 4.78 is 22.9. The molecule has 0 aliphatic carbocycles. The van der Waals surface area contributed by atoms with E-state index in [1.807, 2.05) is 12.1 Å². The lowest BCUT2D eigenvalue weighted by atomic mass is 9.97. The van der Waals surface area contributed by atoms with Crippen LogP contribution in [0.25, 0.3) is 0 Å². The lowest BCUT2D eigenvalue weighted by molar-refractivity contribution is -0.00620. The van der Waals surface area contributed by atoms with Gasteiger partial charge in [0.25, 0.3) is 0 Å². The number of benzene rings is 1. The van der Waals surface area contributed by atoms with Gasteiger partial charge in [0.15, 0.2) is 9.84 Å². The van der Waals surface area contributed by atoms with E-state index >= 15 is 0 Å². The van der Waals surface area contributed by atoms with Crippen molar-refractivity contribution in [1.82, 2.24) is 9.80 Å². The zero-order valence-corrected chi connectivity index (χ0v) is 14.3. The van der Waals surface area contributed by atoms with Crippen molar-refractivity contribution < 1.29 is 8.42 Å². The van der Waals surface area contributed by atoms with E-state index in [0.29, 0.717) is 10.9 Å². The van der Waals surface area contributed by atoms with E-state index in [2.05, 4.69) is 16.7 Å². The van der Waals surface area contributed by atoms with Crippen LogP contribution in [0.1, 0.15) is 31.7 Å². The molecular weight excluding hydrogens is 296 g/mol. The number of hydrogen-bond donors (Lipinski definition) is 0. The van der Waals surface area contributed by atoms with Gasteiger partial charge in [0, 0.05) is 38.0 Å². The van der Waals surface area contributed by atoms with Crippen LogP contribution >= 0.6 is 0 Å². The van der Waals surface area contributed by atoms with Crippen LogP contribution in [0.3, 0.4) is 0 Å². The molecule has 2 saturated heterocycles. The smallest absolute Gasteiger partial charge is 0.175 e. The summed E-state index contributed by atoms with van der Waals surface area (Å²) in [6, 6.07) is 8.75. The molecule has 2 fully saturated rings. The van der Waals surface area contributed by atoms with E-state index in [1.54, 1.807) is 12.1 Å².